The number of Topliss-reactive ketones (excluding diaryl/α,β-unsaturated/α-hetero) is 1. The van der Waals surface area contributed by atoms with Crippen molar-refractivity contribution in [3.63, 3.8) is 0 Å². The normalized spacial score (nSPS) is 10.6. The molecule has 0 saturated carbocycles. The Hall–Kier alpha value is -2.66. The predicted molar refractivity (Wildman–Crippen MR) is 107 cm³/mol. The van der Waals surface area contributed by atoms with Crippen LogP contribution in [0.4, 0.5) is 5.69 Å². The smallest absolute Gasteiger partial charge is 0.298 e. The Labute approximate surface area is 161 Å². The Bertz CT molecular complexity index is 976. The van der Waals surface area contributed by atoms with Crippen molar-refractivity contribution in [2.75, 3.05) is 5.32 Å². The van der Waals surface area contributed by atoms with Crippen LogP contribution in [0.1, 0.15) is 27.2 Å². The van der Waals surface area contributed by atoms with Gasteiger partial charge in [0, 0.05) is 22.9 Å². The van der Waals surface area contributed by atoms with Gasteiger partial charge in [-0.05, 0) is 60.9 Å². The molecule has 1 aromatic heterocycles. The SMILES string of the molecule is Cc1ccc(Cn2cccc2C(=O)C(=O)Nc2cccc(Br)c2)cc1C. The van der Waals surface area contributed by atoms with Crippen molar-refractivity contribution < 1.29 is 9.59 Å². The number of aromatic nitrogens is 1. The molecule has 3 rings (SSSR count). The third kappa shape index (κ3) is 4.11. The highest BCUT2D eigenvalue weighted by molar-refractivity contribution is 9.10. The predicted octanol–water partition coefficient (Wildman–Crippen LogP) is 4.74. The maximum absolute atomic E-state index is 12.6. The Balaban J connectivity index is 1.77. The summed E-state index contributed by atoms with van der Waals surface area (Å²) in [7, 11) is 0. The number of hydrogen-bond acceptors (Lipinski definition) is 2. The highest BCUT2D eigenvalue weighted by Gasteiger charge is 2.20. The first-order chi connectivity index (χ1) is 12.4. The van der Waals surface area contributed by atoms with E-state index in [2.05, 4.69) is 47.2 Å². The Kier molecular flexibility index (Phi) is 5.38. The lowest BCUT2D eigenvalue weighted by atomic mass is 10.1. The molecular weight excluding hydrogens is 392 g/mol. The molecule has 0 unspecified atom stereocenters. The summed E-state index contributed by atoms with van der Waals surface area (Å²) < 4.78 is 2.63. The second-order valence-corrected chi connectivity index (χ2v) is 7.15. The van der Waals surface area contributed by atoms with E-state index in [1.807, 2.05) is 18.3 Å². The summed E-state index contributed by atoms with van der Waals surface area (Å²) in [6, 6.07) is 16.8. The third-order valence-electron chi connectivity index (χ3n) is 4.28. The molecule has 0 bridgehead atoms. The molecule has 1 amide bonds. The minimum absolute atomic E-state index is 0.371. The van der Waals surface area contributed by atoms with E-state index >= 15 is 0 Å². The van der Waals surface area contributed by atoms with Crippen molar-refractivity contribution in [3.8, 4) is 0 Å². The van der Waals surface area contributed by atoms with Crippen LogP contribution in [0, 0.1) is 13.8 Å². The summed E-state index contributed by atoms with van der Waals surface area (Å²) in [5.41, 5.74) is 4.47. The molecule has 1 heterocycles. The lowest BCUT2D eigenvalue weighted by Gasteiger charge is -2.11. The number of carbonyl (C=O) groups excluding carboxylic acids is 2. The van der Waals surface area contributed by atoms with Gasteiger partial charge in [-0.3, -0.25) is 9.59 Å². The van der Waals surface area contributed by atoms with E-state index in [-0.39, 0.29) is 0 Å². The number of benzene rings is 2. The van der Waals surface area contributed by atoms with Crippen LogP contribution in [0.25, 0.3) is 0 Å². The van der Waals surface area contributed by atoms with Crippen molar-refractivity contribution in [3.05, 3.63) is 87.7 Å². The molecule has 5 heteroatoms. The van der Waals surface area contributed by atoms with Gasteiger partial charge in [0.1, 0.15) is 0 Å². The largest absolute Gasteiger partial charge is 0.340 e. The molecule has 26 heavy (non-hydrogen) atoms. The highest BCUT2D eigenvalue weighted by atomic mass is 79.9. The van der Waals surface area contributed by atoms with Crippen LogP contribution in [0.2, 0.25) is 0 Å². The average molecular weight is 411 g/mol. The Morgan fingerprint density at radius 3 is 2.54 bits per heavy atom. The van der Waals surface area contributed by atoms with E-state index in [0.29, 0.717) is 17.9 Å². The zero-order valence-electron chi connectivity index (χ0n) is 14.6. The van der Waals surface area contributed by atoms with Gasteiger partial charge in [-0.15, -0.1) is 0 Å². The Morgan fingerprint density at radius 1 is 1.00 bits per heavy atom. The molecule has 0 atom stereocenters. The lowest BCUT2D eigenvalue weighted by Crippen LogP contribution is -2.25. The molecule has 0 saturated heterocycles. The van der Waals surface area contributed by atoms with E-state index in [0.717, 1.165) is 10.0 Å². The molecule has 132 valence electrons. The molecule has 0 aliphatic rings. The topological polar surface area (TPSA) is 51.1 Å². The number of ketones is 1. The van der Waals surface area contributed by atoms with Crippen molar-refractivity contribution in [2.24, 2.45) is 0 Å². The molecule has 0 fully saturated rings. The number of rotatable bonds is 5. The van der Waals surface area contributed by atoms with Crippen molar-refractivity contribution in [1.82, 2.24) is 4.57 Å². The molecule has 4 nitrogen and oxygen atoms in total. The number of hydrogen-bond donors (Lipinski definition) is 1. The minimum Gasteiger partial charge on any atom is -0.340 e. The standard InChI is InChI=1S/C21H19BrN2O2/c1-14-8-9-16(11-15(14)2)13-24-10-4-7-19(24)20(25)21(26)23-18-6-3-5-17(22)12-18/h3-12H,13H2,1-2H3,(H,23,26). The molecule has 1 N–H and O–H groups in total. The second-order valence-electron chi connectivity index (χ2n) is 6.23. The van der Waals surface area contributed by atoms with Crippen LogP contribution in [-0.2, 0) is 11.3 Å². The lowest BCUT2D eigenvalue weighted by molar-refractivity contribution is -0.112. The minimum atomic E-state index is -0.650. The van der Waals surface area contributed by atoms with Crippen LogP contribution < -0.4 is 5.32 Å². The van der Waals surface area contributed by atoms with Gasteiger partial charge >= 0.3 is 0 Å². The maximum Gasteiger partial charge on any atom is 0.298 e. The zero-order valence-corrected chi connectivity index (χ0v) is 16.2. The molecule has 0 spiro atoms. The van der Waals surface area contributed by atoms with E-state index in [4.69, 9.17) is 0 Å². The molecule has 0 aliphatic carbocycles. The van der Waals surface area contributed by atoms with Gasteiger partial charge in [-0.25, -0.2) is 0 Å². The van der Waals surface area contributed by atoms with Crippen molar-refractivity contribution in [2.45, 2.75) is 20.4 Å². The van der Waals surface area contributed by atoms with Gasteiger partial charge < -0.3 is 9.88 Å². The number of carbonyl (C=O) groups is 2. The van der Waals surface area contributed by atoms with Crippen LogP contribution in [-0.4, -0.2) is 16.3 Å². The van der Waals surface area contributed by atoms with E-state index in [1.54, 1.807) is 34.9 Å². The van der Waals surface area contributed by atoms with Gasteiger partial charge in [-0.2, -0.15) is 0 Å². The fourth-order valence-corrected chi connectivity index (χ4v) is 3.13. The van der Waals surface area contributed by atoms with Gasteiger partial charge in [0.2, 0.25) is 0 Å². The quantitative estimate of drug-likeness (QED) is 0.487. The van der Waals surface area contributed by atoms with Gasteiger partial charge in [0.15, 0.2) is 0 Å². The first kappa shape index (κ1) is 18.1. The number of halogens is 1. The number of anilines is 1. The summed E-state index contributed by atoms with van der Waals surface area (Å²) in [5, 5.41) is 2.65. The van der Waals surface area contributed by atoms with Gasteiger partial charge in [0.25, 0.3) is 11.7 Å². The number of nitrogens with one attached hydrogen (secondary N) is 1. The van der Waals surface area contributed by atoms with Gasteiger partial charge in [0.05, 0.1) is 5.69 Å². The third-order valence-corrected chi connectivity index (χ3v) is 4.77. The second kappa shape index (κ2) is 7.70. The van der Waals surface area contributed by atoms with E-state index < -0.39 is 11.7 Å². The number of amides is 1. The maximum atomic E-state index is 12.6. The fourth-order valence-electron chi connectivity index (χ4n) is 2.73. The Morgan fingerprint density at radius 2 is 1.81 bits per heavy atom. The van der Waals surface area contributed by atoms with Crippen LogP contribution >= 0.6 is 15.9 Å². The molecule has 2 aromatic carbocycles. The molecule has 0 radical (unpaired) electrons. The van der Waals surface area contributed by atoms with Crippen LogP contribution in [0.5, 0.6) is 0 Å². The summed E-state index contributed by atoms with van der Waals surface area (Å²) in [6.07, 6.45) is 1.81. The van der Waals surface area contributed by atoms with E-state index in [9.17, 15) is 9.59 Å². The highest BCUT2D eigenvalue weighted by Crippen LogP contribution is 2.17. The van der Waals surface area contributed by atoms with Crippen LogP contribution in [0.15, 0.2) is 65.3 Å². The molecular formula is C21H19BrN2O2. The first-order valence-electron chi connectivity index (χ1n) is 8.26. The van der Waals surface area contributed by atoms with Crippen LogP contribution in [0.3, 0.4) is 0 Å². The van der Waals surface area contributed by atoms with E-state index in [1.165, 1.54) is 11.1 Å². The van der Waals surface area contributed by atoms with Gasteiger partial charge in [-0.1, -0.05) is 40.2 Å². The molecule has 3 aromatic rings. The summed E-state index contributed by atoms with van der Waals surface area (Å²) >= 11 is 3.35. The average Bonchev–Trinajstić information content (AvgIpc) is 3.05. The fraction of sp³-hybridized carbons (Fsp3) is 0.143. The summed E-state index contributed by atoms with van der Waals surface area (Å²) in [4.78, 5) is 24.9. The number of aryl methyl sites for hydroxylation is 2. The molecule has 0 aliphatic heterocycles. The van der Waals surface area contributed by atoms with Crippen molar-refractivity contribution in [1.29, 1.82) is 0 Å². The summed E-state index contributed by atoms with van der Waals surface area (Å²) in [5.74, 6) is -1.21. The zero-order chi connectivity index (χ0) is 18.7. The summed E-state index contributed by atoms with van der Waals surface area (Å²) in [6.45, 7) is 4.67. The monoisotopic (exact) mass is 410 g/mol. The number of nitrogens with zero attached hydrogens (tertiary/aromatic N) is 1. The first-order valence-corrected chi connectivity index (χ1v) is 9.06. The van der Waals surface area contributed by atoms with Crippen molar-refractivity contribution >= 4 is 33.3 Å².